The average Bonchev–Trinajstić information content (AvgIpc) is 3.17. The largest absolute Gasteiger partial charge is 0.353 e. The van der Waals surface area contributed by atoms with Crippen molar-refractivity contribution in [3.63, 3.8) is 0 Å². The molecule has 1 fully saturated rings. The fraction of sp³-hybridized carbons (Fsp3) is 0.533. The molecule has 1 aliphatic rings. The molecule has 3 nitrogen and oxygen atoms in total. The van der Waals surface area contributed by atoms with Crippen molar-refractivity contribution in [1.82, 2.24) is 10.6 Å². The first-order chi connectivity index (χ1) is 9.15. The lowest BCUT2D eigenvalue weighted by atomic mass is 10.1. The number of rotatable bonds is 7. The van der Waals surface area contributed by atoms with Crippen LogP contribution < -0.4 is 10.6 Å². The van der Waals surface area contributed by atoms with Crippen molar-refractivity contribution >= 4 is 5.91 Å². The van der Waals surface area contributed by atoms with E-state index >= 15 is 0 Å². The zero-order chi connectivity index (χ0) is 13.7. The third kappa shape index (κ3) is 4.99. The minimum Gasteiger partial charge on any atom is -0.353 e. The molecule has 0 aliphatic heterocycles. The summed E-state index contributed by atoms with van der Waals surface area (Å²) in [5.74, 6) is -0.0196. The maximum absolute atomic E-state index is 13.3. The molecule has 104 valence electrons. The Bertz CT molecular complexity index is 444. The van der Waals surface area contributed by atoms with E-state index in [4.69, 9.17) is 0 Å². The minimum absolute atomic E-state index is 0.144. The first-order valence-electron chi connectivity index (χ1n) is 6.90. The van der Waals surface area contributed by atoms with Gasteiger partial charge >= 0.3 is 0 Å². The van der Waals surface area contributed by atoms with Crippen LogP contribution in [0.25, 0.3) is 0 Å². The monoisotopic (exact) mass is 264 g/mol. The van der Waals surface area contributed by atoms with Gasteiger partial charge in [0, 0.05) is 19.0 Å². The fourth-order valence-corrected chi connectivity index (χ4v) is 1.88. The number of carbonyl (C=O) groups is 1. The van der Waals surface area contributed by atoms with Gasteiger partial charge in [-0.2, -0.15) is 0 Å². The third-order valence-electron chi connectivity index (χ3n) is 3.27. The van der Waals surface area contributed by atoms with Crippen molar-refractivity contribution in [3.05, 3.63) is 35.1 Å². The summed E-state index contributed by atoms with van der Waals surface area (Å²) in [6.45, 7) is 3.17. The Labute approximate surface area is 113 Å². The predicted molar refractivity (Wildman–Crippen MR) is 73.2 cm³/mol. The molecule has 0 aromatic heterocycles. The van der Waals surface area contributed by atoms with E-state index in [1.807, 2.05) is 6.07 Å². The maximum Gasteiger partial charge on any atom is 0.220 e. The third-order valence-corrected chi connectivity index (χ3v) is 3.27. The van der Waals surface area contributed by atoms with E-state index in [9.17, 15) is 9.18 Å². The summed E-state index contributed by atoms with van der Waals surface area (Å²) in [5.41, 5.74) is 1.60. The summed E-state index contributed by atoms with van der Waals surface area (Å²) in [6, 6.07) is 5.71. The van der Waals surface area contributed by atoms with Crippen molar-refractivity contribution in [2.24, 2.45) is 0 Å². The molecule has 0 radical (unpaired) electrons. The quantitative estimate of drug-likeness (QED) is 0.742. The number of carbonyl (C=O) groups excluding carboxylic acids is 1. The highest BCUT2D eigenvalue weighted by atomic mass is 19.1. The highest BCUT2D eigenvalue weighted by Gasteiger charge is 2.22. The number of benzene rings is 1. The van der Waals surface area contributed by atoms with E-state index in [2.05, 4.69) is 10.6 Å². The molecule has 1 saturated carbocycles. The number of hydrogen-bond acceptors (Lipinski definition) is 2. The van der Waals surface area contributed by atoms with Gasteiger partial charge in [-0.1, -0.05) is 12.1 Å². The lowest BCUT2D eigenvalue weighted by molar-refractivity contribution is -0.121. The summed E-state index contributed by atoms with van der Waals surface area (Å²) in [7, 11) is 0. The van der Waals surface area contributed by atoms with Crippen LogP contribution in [0, 0.1) is 12.7 Å². The molecule has 1 amide bonds. The molecule has 2 rings (SSSR count). The van der Waals surface area contributed by atoms with Crippen LogP contribution >= 0.6 is 0 Å². The van der Waals surface area contributed by atoms with Crippen molar-refractivity contribution < 1.29 is 9.18 Å². The number of nitrogens with one attached hydrogen (secondary N) is 2. The van der Waals surface area contributed by atoms with Gasteiger partial charge in [-0.15, -0.1) is 0 Å². The Balaban J connectivity index is 1.58. The van der Waals surface area contributed by atoms with Crippen molar-refractivity contribution in [1.29, 1.82) is 0 Å². The van der Waals surface area contributed by atoms with Gasteiger partial charge < -0.3 is 10.6 Å². The molecule has 0 heterocycles. The molecule has 4 heteroatoms. The predicted octanol–water partition coefficient (Wildman–Crippen LogP) is 2.28. The number of hydrogen-bond donors (Lipinski definition) is 2. The maximum atomic E-state index is 13.3. The van der Waals surface area contributed by atoms with Gasteiger partial charge in [0.25, 0.3) is 0 Å². The molecule has 0 spiro atoms. The van der Waals surface area contributed by atoms with Crippen LogP contribution in [0.15, 0.2) is 18.2 Å². The smallest absolute Gasteiger partial charge is 0.220 e. The van der Waals surface area contributed by atoms with E-state index in [-0.39, 0.29) is 11.7 Å². The zero-order valence-electron chi connectivity index (χ0n) is 11.3. The van der Waals surface area contributed by atoms with Gasteiger partial charge in [-0.3, -0.25) is 4.79 Å². The molecule has 1 aliphatic carbocycles. The number of amides is 1. The van der Waals surface area contributed by atoms with Crippen LogP contribution in [0.2, 0.25) is 0 Å². The second-order valence-electron chi connectivity index (χ2n) is 5.21. The lowest BCUT2D eigenvalue weighted by Gasteiger charge is -2.06. The van der Waals surface area contributed by atoms with Crippen LogP contribution in [0.5, 0.6) is 0 Å². The first-order valence-corrected chi connectivity index (χ1v) is 6.90. The Morgan fingerprint density at radius 2 is 2.21 bits per heavy atom. The van der Waals surface area contributed by atoms with Gasteiger partial charge in [-0.05, 0) is 49.9 Å². The summed E-state index contributed by atoms with van der Waals surface area (Å²) in [5, 5.41) is 6.19. The van der Waals surface area contributed by atoms with Crippen LogP contribution in [0.1, 0.15) is 36.8 Å². The molecule has 1 aromatic carbocycles. The van der Waals surface area contributed by atoms with Gasteiger partial charge in [0.2, 0.25) is 5.91 Å². The Morgan fingerprint density at radius 3 is 2.89 bits per heavy atom. The second-order valence-corrected chi connectivity index (χ2v) is 5.21. The zero-order valence-corrected chi connectivity index (χ0v) is 11.3. The highest BCUT2D eigenvalue weighted by molar-refractivity contribution is 5.76. The topological polar surface area (TPSA) is 41.1 Å². The van der Waals surface area contributed by atoms with Gasteiger partial charge in [0.1, 0.15) is 5.82 Å². The first kappa shape index (κ1) is 14.0. The van der Waals surface area contributed by atoms with Crippen LogP contribution in [0.3, 0.4) is 0 Å². The second kappa shape index (κ2) is 6.66. The number of halogens is 1. The highest BCUT2D eigenvalue weighted by Crippen LogP contribution is 2.18. The fourth-order valence-electron chi connectivity index (χ4n) is 1.88. The summed E-state index contributed by atoms with van der Waals surface area (Å²) >= 11 is 0. The Hall–Kier alpha value is -1.42. The molecule has 0 saturated heterocycles. The van der Waals surface area contributed by atoms with Crippen molar-refractivity contribution in [3.8, 4) is 0 Å². The molecular formula is C15H21FN2O. The van der Waals surface area contributed by atoms with Gasteiger partial charge in [-0.25, -0.2) is 4.39 Å². The Kier molecular flexibility index (Phi) is 4.91. The minimum atomic E-state index is -0.164. The molecule has 0 unspecified atom stereocenters. The van der Waals surface area contributed by atoms with Crippen LogP contribution in [0.4, 0.5) is 4.39 Å². The molecule has 0 atom stereocenters. The van der Waals surface area contributed by atoms with Crippen molar-refractivity contribution in [2.75, 3.05) is 6.54 Å². The number of aryl methyl sites for hydroxylation is 1. The van der Waals surface area contributed by atoms with E-state index in [0.717, 1.165) is 31.4 Å². The lowest BCUT2D eigenvalue weighted by Crippen LogP contribution is -2.26. The SMILES string of the molecule is Cc1ccc(CNCCCC(=O)NC2CC2)cc1F. The average molecular weight is 264 g/mol. The molecule has 1 aromatic rings. The van der Waals surface area contributed by atoms with Crippen LogP contribution in [-0.2, 0) is 11.3 Å². The van der Waals surface area contributed by atoms with E-state index in [1.54, 1.807) is 19.1 Å². The van der Waals surface area contributed by atoms with Gasteiger partial charge in [0.15, 0.2) is 0 Å². The van der Waals surface area contributed by atoms with Gasteiger partial charge in [0.05, 0.1) is 0 Å². The summed E-state index contributed by atoms with van der Waals surface area (Å²) in [6.07, 6.45) is 3.63. The van der Waals surface area contributed by atoms with Crippen molar-refractivity contribution in [2.45, 2.75) is 45.2 Å². The standard InChI is InChI=1S/C15H21FN2O/c1-11-4-5-12(9-14(11)16)10-17-8-2-3-15(19)18-13-6-7-13/h4-5,9,13,17H,2-3,6-8,10H2,1H3,(H,18,19). The molecular weight excluding hydrogens is 243 g/mol. The molecule has 2 N–H and O–H groups in total. The van der Waals surface area contributed by atoms with E-state index in [0.29, 0.717) is 24.6 Å². The summed E-state index contributed by atoms with van der Waals surface area (Å²) in [4.78, 5) is 11.4. The molecule has 19 heavy (non-hydrogen) atoms. The Morgan fingerprint density at radius 1 is 1.42 bits per heavy atom. The van der Waals surface area contributed by atoms with E-state index in [1.165, 1.54) is 0 Å². The van der Waals surface area contributed by atoms with E-state index < -0.39 is 0 Å². The normalized spacial score (nSPS) is 14.4. The molecule has 0 bridgehead atoms. The summed E-state index contributed by atoms with van der Waals surface area (Å²) < 4.78 is 13.3. The van der Waals surface area contributed by atoms with Crippen LogP contribution in [-0.4, -0.2) is 18.5 Å².